The van der Waals surface area contributed by atoms with Crippen molar-refractivity contribution < 1.29 is 19.5 Å². The van der Waals surface area contributed by atoms with E-state index in [0.29, 0.717) is 19.1 Å². The smallest absolute Gasteiger partial charge is 0.323 e. The van der Waals surface area contributed by atoms with Gasteiger partial charge in [0.15, 0.2) is 0 Å². The minimum absolute atomic E-state index is 0.344. The lowest BCUT2D eigenvalue weighted by Crippen LogP contribution is -2.50. The lowest BCUT2D eigenvalue weighted by Gasteiger charge is -2.30. The summed E-state index contributed by atoms with van der Waals surface area (Å²) in [6.07, 6.45) is 3.05. The van der Waals surface area contributed by atoms with Gasteiger partial charge in [-0.25, -0.2) is 4.79 Å². The maximum atomic E-state index is 12.5. The van der Waals surface area contributed by atoms with Crippen LogP contribution in [0.4, 0.5) is 4.79 Å². The topological polar surface area (TPSA) is 107 Å². The Morgan fingerprint density at radius 2 is 1.86 bits per heavy atom. The van der Waals surface area contributed by atoms with E-state index in [0.717, 1.165) is 37.3 Å². The number of hydrogen-bond acceptors (Lipinski definition) is 4. The van der Waals surface area contributed by atoms with E-state index in [2.05, 4.69) is 4.90 Å². The average molecular weight is 298 g/mol. The van der Waals surface area contributed by atoms with Gasteiger partial charge in [-0.15, -0.1) is 0 Å². The minimum Gasteiger partial charge on any atom is -0.480 e. The molecule has 0 aromatic heterocycles. The van der Waals surface area contributed by atoms with Crippen LogP contribution in [0, 0.1) is 0 Å². The molecule has 2 heterocycles. The van der Waals surface area contributed by atoms with E-state index in [4.69, 9.17) is 10.8 Å². The summed E-state index contributed by atoms with van der Waals surface area (Å²) in [5, 5.41) is 8.88. The molecule has 3 N–H and O–H groups in total. The Balaban J connectivity index is 2.03. The number of carboxylic acids is 1. The third-order valence-electron chi connectivity index (χ3n) is 4.02. The van der Waals surface area contributed by atoms with Gasteiger partial charge in [0.05, 0.1) is 0 Å². The number of hydrogen-bond donors (Lipinski definition) is 2. The molecule has 0 bridgehead atoms. The molecule has 2 rings (SSSR count). The number of nitrogens with zero attached hydrogens (tertiary/aromatic N) is 3. The van der Waals surface area contributed by atoms with Crippen LogP contribution in [0.3, 0.4) is 0 Å². The van der Waals surface area contributed by atoms with Gasteiger partial charge in [-0.05, 0) is 25.8 Å². The van der Waals surface area contributed by atoms with Crippen molar-refractivity contribution in [3.63, 3.8) is 0 Å². The first-order valence-electron chi connectivity index (χ1n) is 7.25. The zero-order chi connectivity index (χ0) is 15.4. The Morgan fingerprint density at radius 1 is 1.14 bits per heavy atom. The summed E-state index contributed by atoms with van der Waals surface area (Å²) in [6.45, 7) is 2.33. The van der Waals surface area contributed by atoms with Gasteiger partial charge in [0.25, 0.3) is 0 Å². The number of fused-ring (bicyclic) bond motifs is 1. The van der Waals surface area contributed by atoms with Gasteiger partial charge in [0.1, 0.15) is 13.1 Å². The first-order chi connectivity index (χ1) is 9.97. The monoisotopic (exact) mass is 298 g/mol. The van der Waals surface area contributed by atoms with Crippen molar-refractivity contribution in [3.8, 4) is 0 Å². The summed E-state index contributed by atoms with van der Waals surface area (Å²) in [5.41, 5.74) is 5.10. The molecule has 8 nitrogen and oxygen atoms in total. The molecular weight excluding hydrogens is 276 g/mol. The molecule has 0 aliphatic carbocycles. The number of rotatable bonds is 4. The second-order valence-electron chi connectivity index (χ2n) is 5.63. The fourth-order valence-electron chi connectivity index (χ4n) is 3.12. The Kier molecular flexibility index (Phi) is 5.00. The third-order valence-corrected chi connectivity index (χ3v) is 4.02. The SMILES string of the molecule is NC(=O)CN(CC(=O)O)C(=O)N1CCCN2CCCC2C1. The molecule has 0 aromatic rings. The molecule has 0 radical (unpaired) electrons. The second kappa shape index (κ2) is 6.75. The summed E-state index contributed by atoms with van der Waals surface area (Å²) >= 11 is 0. The average Bonchev–Trinajstić information content (AvgIpc) is 2.73. The van der Waals surface area contributed by atoms with Gasteiger partial charge in [-0.1, -0.05) is 0 Å². The van der Waals surface area contributed by atoms with E-state index in [1.807, 2.05) is 0 Å². The van der Waals surface area contributed by atoms with Crippen LogP contribution in [0.15, 0.2) is 0 Å². The van der Waals surface area contributed by atoms with Crippen molar-refractivity contribution in [1.29, 1.82) is 0 Å². The van der Waals surface area contributed by atoms with Crippen molar-refractivity contribution >= 4 is 17.9 Å². The molecule has 2 aliphatic rings. The van der Waals surface area contributed by atoms with E-state index in [-0.39, 0.29) is 6.54 Å². The predicted molar refractivity (Wildman–Crippen MR) is 74.6 cm³/mol. The minimum atomic E-state index is -1.15. The Bertz CT molecular complexity index is 412. The highest BCUT2D eigenvalue weighted by molar-refractivity contribution is 5.86. The van der Waals surface area contributed by atoms with Crippen LogP contribution >= 0.6 is 0 Å². The zero-order valence-corrected chi connectivity index (χ0v) is 12.0. The maximum Gasteiger partial charge on any atom is 0.323 e. The van der Waals surface area contributed by atoms with Gasteiger partial charge in [0.2, 0.25) is 5.91 Å². The number of amides is 3. The van der Waals surface area contributed by atoms with E-state index in [1.165, 1.54) is 0 Å². The lowest BCUT2D eigenvalue weighted by atomic mass is 10.2. The number of primary amides is 1. The molecule has 8 heteroatoms. The molecule has 0 spiro atoms. The van der Waals surface area contributed by atoms with Crippen molar-refractivity contribution in [2.45, 2.75) is 25.3 Å². The van der Waals surface area contributed by atoms with Crippen LogP contribution in [-0.4, -0.2) is 83.0 Å². The normalized spacial score (nSPS) is 22.5. The number of nitrogens with two attached hydrogens (primary N) is 1. The standard InChI is InChI=1S/C13H22N4O4/c14-11(18)8-17(9-12(19)20)13(21)16-6-2-5-15-4-1-3-10(15)7-16/h10H,1-9H2,(H2,14,18)(H,19,20). The van der Waals surface area contributed by atoms with Gasteiger partial charge < -0.3 is 20.6 Å². The van der Waals surface area contributed by atoms with Crippen LogP contribution in [-0.2, 0) is 9.59 Å². The van der Waals surface area contributed by atoms with Crippen LogP contribution in [0.2, 0.25) is 0 Å². The number of carbonyl (C=O) groups is 3. The number of aliphatic carboxylic acids is 1. The Morgan fingerprint density at radius 3 is 2.52 bits per heavy atom. The number of urea groups is 1. The molecular formula is C13H22N4O4. The van der Waals surface area contributed by atoms with Gasteiger partial charge >= 0.3 is 12.0 Å². The van der Waals surface area contributed by atoms with Gasteiger partial charge in [0, 0.05) is 25.7 Å². The predicted octanol–water partition coefficient (Wildman–Crippen LogP) is -0.852. The summed E-state index contributed by atoms with van der Waals surface area (Å²) in [4.78, 5) is 39.4. The van der Waals surface area contributed by atoms with Gasteiger partial charge in [-0.3, -0.25) is 14.5 Å². The highest BCUT2D eigenvalue weighted by Gasteiger charge is 2.32. The van der Waals surface area contributed by atoms with E-state index < -0.39 is 24.5 Å². The first-order valence-corrected chi connectivity index (χ1v) is 7.25. The van der Waals surface area contributed by atoms with Crippen LogP contribution in [0.1, 0.15) is 19.3 Å². The van der Waals surface area contributed by atoms with Crippen molar-refractivity contribution in [3.05, 3.63) is 0 Å². The largest absolute Gasteiger partial charge is 0.480 e. The molecule has 0 saturated carbocycles. The molecule has 2 aliphatic heterocycles. The summed E-state index contributed by atoms with van der Waals surface area (Å²) in [6, 6.07) is -0.0679. The summed E-state index contributed by atoms with van der Waals surface area (Å²) in [5.74, 6) is -1.86. The van der Waals surface area contributed by atoms with Crippen molar-refractivity contribution in [2.75, 3.05) is 39.3 Å². The quantitative estimate of drug-likeness (QED) is 0.703. The fourth-order valence-corrected chi connectivity index (χ4v) is 3.12. The molecule has 0 aromatic carbocycles. The molecule has 1 atom stereocenters. The Hall–Kier alpha value is -1.83. The van der Waals surface area contributed by atoms with E-state index >= 15 is 0 Å². The molecule has 1 unspecified atom stereocenters. The molecule has 21 heavy (non-hydrogen) atoms. The lowest BCUT2D eigenvalue weighted by molar-refractivity contribution is -0.138. The molecule has 118 valence electrons. The number of carboxylic acid groups (broad SMARTS) is 1. The highest BCUT2D eigenvalue weighted by Crippen LogP contribution is 2.21. The van der Waals surface area contributed by atoms with Crippen molar-refractivity contribution in [1.82, 2.24) is 14.7 Å². The summed E-state index contributed by atoms with van der Waals surface area (Å²) in [7, 11) is 0. The molecule has 2 fully saturated rings. The van der Waals surface area contributed by atoms with Crippen molar-refractivity contribution in [2.24, 2.45) is 5.73 Å². The third kappa shape index (κ3) is 4.07. The van der Waals surface area contributed by atoms with E-state index in [1.54, 1.807) is 4.90 Å². The molecule has 3 amide bonds. The maximum absolute atomic E-state index is 12.5. The first kappa shape index (κ1) is 15.6. The summed E-state index contributed by atoms with van der Waals surface area (Å²) < 4.78 is 0. The van der Waals surface area contributed by atoms with Crippen LogP contribution in [0.25, 0.3) is 0 Å². The van der Waals surface area contributed by atoms with E-state index in [9.17, 15) is 14.4 Å². The highest BCUT2D eigenvalue weighted by atomic mass is 16.4. The van der Waals surface area contributed by atoms with Crippen LogP contribution in [0.5, 0.6) is 0 Å². The fraction of sp³-hybridized carbons (Fsp3) is 0.769. The molecule has 2 saturated heterocycles. The van der Waals surface area contributed by atoms with Gasteiger partial charge in [-0.2, -0.15) is 0 Å². The Labute approximate surface area is 123 Å². The number of carbonyl (C=O) groups excluding carboxylic acids is 2. The second-order valence-corrected chi connectivity index (χ2v) is 5.63. The van der Waals surface area contributed by atoms with Crippen LogP contribution < -0.4 is 5.73 Å². The zero-order valence-electron chi connectivity index (χ0n) is 12.0.